The monoisotopic (exact) mass is 221 g/mol. The van der Waals surface area contributed by atoms with Crippen LogP contribution in [0.2, 0.25) is 0 Å². The summed E-state index contributed by atoms with van der Waals surface area (Å²) in [6, 6.07) is 11.3. The maximum atomic E-state index is 3.19. The van der Waals surface area contributed by atoms with Gasteiger partial charge in [-0.3, -0.25) is 0 Å². The third-order valence-corrected chi connectivity index (χ3v) is 1.72. The first-order valence-corrected chi connectivity index (χ1v) is 3.60. The summed E-state index contributed by atoms with van der Waals surface area (Å²) < 4.78 is 0. The Morgan fingerprint density at radius 2 is 2.18 bits per heavy atom. The second kappa shape index (κ2) is 5.91. The van der Waals surface area contributed by atoms with Crippen molar-refractivity contribution in [2.24, 2.45) is 0 Å². The smallest absolute Gasteiger partial charge is 0 e. The Morgan fingerprint density at radius 3 is 2.64 bits per heavy atom. The molecule has 1 atom stereocenters. The molecule has 0 heterocycles. The van der Waals surface area contributed by atoms with Crippen LogP contribution in [0.15, 0.2) is 24.3 Å². The van der Waals surface area contributed by atoms with Gasteiger partial charge in [0.25, 0.3) is 0 Å². The van der Waals surface area contributed by atoms with E-state index in [-0.39, 0.29) is 32.7 Å². The molecule has 0 amide bonds. The first-order valence-electron chi connectivity index (χ1n) is 3.60. The van der Waals surface area contributed by atoms with Crippen molar-refractivity contribution in [3.05, 3.63) is 42.3 Å². The van der Waals surface area contributed by atoms with Crippen molar-refractivity contribution in [2.75, 3.05) is 0 Å². The van der Waals surface area contributed by atoms with Gasteiger partial charge in [-0.1, -0.05) is 6.92 Å². The van der Waals surface area contributed by atoms with Gasteiger partial charge in [-0.05, 0) is 0 Å². The predicted octanol–water partition coefficient (Wildman–Crippen LogP) is 2.81. The van der Waals surface area contributed by atoms with Gasteiger partial charge >= 0.3 is 0 Å². The van der Waals surface area contributed by atoms with Gasteiger partial charge in [-0.2, -0.15) is 48.7 Å². The van der Waals surface area contributed by atoms with Crippen LogP contribution in [-0.2, 0) is 32.7 Å². The molecule has 0 N–H and O–H groups in total. The van der Waals surface area contributed by atoms with Crippen LogP contribution < -0.4 is 0 Å². The van der Waals surface area contributed by atoms with Gasteiger partial charge in [-0.15, -0.1) is 0 Å². The second-order valence-corrected chi connectivity index (χ2v) is 2.44. The van der Waals surface area contributed by atoms with Crippen molar-refractivity contribution in [3.8, 4) is 0 Å². The fourth-order valence-corrected chi connectivity index (χ4v) is 0.870. The largest absolute Gasteiger partial charge is 0.326 e. The molecule has 0 saturated carbocycles. The topological polar surface area (TPSA) is 0 Å². The minimum absolute atomic E-state index is 0. The van der Waals surface area contributed by atoms with Crippen molar-refractivity contribution < 1.29 is 32.7 Å². The van der Waals surface area contributed by atoms with Crippen LogP contribution >= 0.6 is 0 Å². The van der Waals surface area contributed by atoms with E-state index in [4.69, 9.17) is 0 Å². The van der Waals surface area contributed by atoms with Crippen molar-refractivity contribution in [2.45, 2.75) is 19.8 Å². The molecule has 0 aliphatic rings. The zero-order chi connectivity index (χ0) is 7.40. The molecule has 1 aromatic rings. The van der Waals surface area contributed by atoms with E-state index in [1.807, 2.05) is 18.2 Å². The fraction of sp³-hybridized carbons (Fsp3) is 0.300. The maximum absolute atomic E-state index is 3.19. The number of hydrogen-bond acceptors (Lipinski definition) is 0. The molecule has 1 unspecified atom stereocenters. The molecule has 0 aliphatic carbocycles. The van der Waals surface area contributed by atoms with E-state index in [2.05, 4.69) is 32.4 Å². The van der Waals surface area contributed by atoms with Crippen LogP contribution in [0.5, 0.6) is 0 Å². The molecule has 11 heavy (non-hydrogen) atoms. The van der Waals surface area contributed by atoms with Gasteiger partial charge in [0.05, 0.1) is 0 Å². The first-order chi connectivity index (χ1) is 4.84. The Labute approximate surface area is 94.3 Å². The molecule has 1 heteroatoms. The minimum atomic E-state index is 0. The van der Waals surface area contributed by atoms with Gasteiger partial charge in [0, 0.05) is 32.7 Å². The van der Waals surface area contributed by atoms with Gasteiger partial charge in [0.1, 0.15) is 0 Å². The van der Waals surface area contributed by atoms with Crippen LogP contribution in [0.4, 0.5) is 0 Å². The molecular formula is C10H12Y-2. The van der Waals surface area contributed by atoms with E-state index < -0.39 is 0 Å². The molecular weight excluding hydrogens is 209 g/mol. The molecule has 0 aliphatic heterocycles. The maximum Gasteiger partial charge on any atom is 0 e. The zero-order valence-corrected chi connectivity index (χ0v) is 9.88. The van der Waals surface area contributed by atoms with E-state index in [0.717, 1.165) is 0 Å². The van der Waals surface area contributed by atoms with Crippen LogP contribution in [0.1, 0.15) is 25.3 Å². The molecule has 1 radical (unpaired) electrons. The minimum Gasteiger partial charge on any atom is -0.326 e. The Hall–Kier alpha value is 0.324. The van der Waals surface area contributed by atoms with Crippen LogP contribution in [0, 0.1) is 12.5 Å². The number of hydrogen-bond donors (Lipinski definition) is 0. The molecule has 0 bridgehead atoms. The zero-order valence-electron chi connectivity index (χ0n) is 7.04. The molecule has 0 saturated heterocycles. The van der Waals surface area contributed by atoms with Crippen molar-refractivity contribution in [3.63, 3.8) is 0 Å². The fourth-order valence-electron chi connectivity index (χ4n) is 0.870. The van der Waals surface area contributed by atoms with Crippen molar-refractivity contribution >= 4 is 0 Å². The Balaban J connectivity index is 0.000001000. The van der Waals surface area contributed by atoms with Gasteiger partial charge in [-0.25, -0.2) is 0 Å². The molecule has 0 nitrogen and oxygen atoms in total. The summed E-state index contributed by atoms with van der Waals surface area (Å²) in [7, 11) is 0. The summed E-state index contributed by atoms with van der Waals surface area (Å²) >= 11 is 0. The quantitative estimate of drug-likeness (QED) is 0.673. The second-order valence-electron chi connectivity index (χ2n) is 2.44. The van der Waals surface area contributed by atoms with E-state index >= 15 is 0 Å². The average Bonchev–Trinajstić information content (AvgIpc) is 2.05. The van der Waals surface area contributed by atoms with E-state index in [1.54, 1.807) is 0 Å². The molecule has 57 valence electrons. The number of benzene rings is 1. The van der Waals surface area contributed by atoms with Gasteiger partial charge in [0.15, 0.2) is 0 Å². The molecule has 0 spiro atoms. The summed E-state index contributed by atoms with van der Waals surface area (Å²) in [5, 5.41) is 0. The Morgan fingerprint density at radius 1 is 1.45 bits per heavy atom. The van der Waals surface area contributed by atoms with Gasteiger partial charge in [0.2, 0.25) is 0 Å². The molecule has 1 rings (SSSR count). The normalized spacial score (nSPS) is 11.8. The third kappa shape index (κ3) is 3.49. The SMILES string of the molecule is C[CH-]C(C)c1[c-]cccc1.[Y]. The Kier molecular flexibility index (Phi) is 6.08. The predicted molar refractivity (Wildman–Crippen MR) is 43.7 cm³/mol. The summed E-state index contributed by atoms with van der Waals surface area (Å²) in [4.78, 5) is 0. The third-order valence-electron chi connectivity index (χ3n) is 1.72. The summed E-state index contributed by atoms with van der Waals surface area (Å²) in [5.41, 5.74) is 1.27. The van der Waals surface area contributed by atoms with Crippen LogP contribution in [0.3, 0.4) is 0 Å². The van der Waals surface area contributed by atoms with Crippen molar-refractivity contribution in [1.82, 2.24) is 0 Å². The van der Waals surface area contributed by atoms with Gasteiger partial charge < -0.3 is 6.42 Å². The Bertz CT molecular complexity index is 181. The van der Waals surface area contributed by atoms with E-state index in [1.165, 1.54) is 5.56 Å². The standard InChI is InChI=1S/C10H12.Y/c1-3-9(2)10-7-5-4-6-8-10;/h3-7,9H,1-2H3;/q-2;. The first kappa shape index (κ1) is 11.3. The van der Waals surface area contributed by atoms with Crippen LogP contribution in [-0.4, -0.2) is 0 Å². The molecule has 0 fully saturated rings. The molecule has 1 aromatic carbocycles. The molecule has 0 aromatic heterocycles. The van der Waals surface area contributed by atoms with Crippen LogP contribution in [0.25, 0.3) is 0 Å². The van der Waals surface area contributed by atoms with E-state index in [9.17, 15) is 0 Å². The average molecular weight is 221 g/mol. The number of rotatable bonds is 2. The summed E-state index contributed by atoms with van der Waals surface area (Å²) in [5.74, 6) is 0.529. The van der Waals surface area contributed by atoms with Crippen molar-refractivity contribution in [1.29, 1.82) is 0 Å². The summed E-state index contributed by atoms with van der Waals surface area (Å²) in [6.45, 7) is 4.25. The summed E-state index contributed by atoms with van der Waals surface area (Å²) in [6.07, 6.45) is 2.17. The van der Waals surface area contributed by atoms with E-state index in [0.29, 0.717) is 5.92 Å².